The van der Waals surface area contributed by atoms with Crippen LogP contribution in [0.3, 0.4) is 0 Å². The summed E-state index contributed by atoms with van der Waals surface area (Å²) >= 11 is 0. The SMILES string of the molecule is CC#CC(=O)NCc1ccc(C(=O)NCC)cc1. The molecule has 0 aromatic heterocycles. The molecule has 0 saturated heterocycles. The number of rotatable bonds is 4. The molecule has 0 aliphatic carbocycles. The number of hydrogen-bond donors (Lipinski definition) is 2. The van der Waals surface area contributed by atoms with E-state index in [4.69, 9.17) is 0 Å². The standard InChI is InChI=1S/C14H16N2O2/c1-3-5-13(17)16-10-11-6-8-12(9-7-11)14(18)15-4-2/h6-9H,4,10H2,1-2H3,(H,15,18)(H,16,17). The largest absolute Gasteiger partial charge is 0.352 e. The Morgan fingerprint density at radius 1 is 1.17 bits per heavy atom. The predicted octanol–water partition coefficient (Wildman–Crippen LogP) is 1.08. The third-order valence-electron chi connectivity index (χ3n) is 2.25. The average Bonchev–Trinajstić information content (AvgIpc) is 2.37. The molecule has 1 aromatic carbocycles. The Hall–Kier alpha value is -2.28. The van der Waals surface area contributed by atoms with Gasteiger partial charge in [0.25, 0.3) is 11.8 Å². The lowest BCUT2D eigenvalue weighted by Crippen LogP contribution is -2.23. The van der Waals surface area contributed by atoms with Crippen LogP contribution in [0.1, 0.15) is 29.8 Å². The van der Waals surface area contributed by atoms with Crippen LogP contribution in [0.15, 0.2) is 24.3 Å². The summed E-state index contributed by atoms with van der Waals surface area (Å²) in [6.07, 6.45) is 0. The van der Waals surface area contributed by atoms with Gasteiger partial charge in [0, 0.05) is 18.7 Å². The summed E-state index contributed by atoms with van der Waals surface area (Å²) in [4.78, 5) is 22.6. The van der Waals surface area contributed by atoms with Gasteiger partial charge >= 0.3 is 0 Å². The molecule has 18 heavy (non-hydrogen) atoms. The zero-order valence-electron chi connectivity index (χ0n) is 10.5. The minimum Gasteiger partial charge on any atom is -0.352 e. The Balaban J connectivity index is 2.57. The van der Waals surface area contributed by atoms with Crippen molar-refractivity contribution in [2.24, 2.45) is 0 Å². The van der Waals surface area contributed by atoms with E-state index in [-0.39, 0.29) is 11.8 Å². The van der Waals surface area contributed by atoms with Gasteiger partial charge in [-0.05, 0) is 37.5 Å². The zero-order valence-corrected chi connectivity index (χ0v) is 10.5. The van der Waals surface area contributed by atoms with Gasteiger partial charge < -0.3 is 10.6 Å². The first-order valence-corrected chi connectivity index (χ1v) is 5.75. The van der Waals surface area contributed by atoms with Gasteiger partial charge in [-0.1, -0.05) is 18.1 Å². The highest BCUT2D eigenvalue weighted by Crippen LogP contribution is 2.04. The molecule has 0 aliphatic heterocycles. The summed E-state index contributed by atoms with van der Waals surface area (Å²) in [5.74, 6) is 4.53. The maximum Gasteiger partial charge on any atom is 0.296 e. The summed E-state index contributed by atoms with van der Waals surface area (Å²) in [6.45, 7) is 4.49. The number of carbonyl (C=O) groups is 2. The number of carbonyl (C=O) groups excluding carboxylic acids is 2. The van der Waals surface area contributed by atoms with Gasteiger partial charge in [-0.25, -0.2) is 0 Å². The molecule has 0 heterocycles. The van der Waals surface area contributed by atoms with Crippen LogP contribution in [-0.2, 0) is 11.3 Å². The lowest BCUT2D eigenvalue weighted by molar-refractivity contribution is -0.115. The fraction of sp³-hybridized carbons (Fsp3) is 0.286. The van der Waals surface area contributed by atoms with Crippen LogP contribution in [0.2, 0.25) is 0 Å². The second kappa shape index (κ2) is 7.13. The molecule has 1 aromatic rings. The van der Waals surface area contributed by atoms with Crippen molar-refractivity contribution >= 4 is 11.8 Å². The van der Waals surface area contributed by atoms with Crippen LogP contribution < -0.4 is 10.6 Å². The summed E-state index contributed by atoms with van der Waals surface area (Å²) in [5.41, 5.74) is 1.54. The Labute approximate surface area is 107 Å². The molecule has 0 fully saturated rings. The predicted molar refractivity (Wildman–Crippen MR) is 69.7 cm³/mol. The Morgan fingerprint density at radius 2 is 1.83 bits per heavy atom. The van der Waals surface area contributed by atoms with E-state index in [9.17, 15) is 9.59 Å². The molecule has 0 radical (unpaired) electrons. The third-order valence-corrected chi connectivity index (χ3v) is 2.25. The van der Waals surface area contributed by atoms with Crippen molar-refractivity contribution < 1.29 is 9.59 Å². The lowest BCUT2D eigenvalue weighted by atomic mass is 10.1. The van der Waals surface area contributed by atoms with Crippen molar-refractivity contribution in [1.29, 1.82) is 0 Å². The van der Waals surface area contributed by atoms with Gasteiger partial charge in [0.2, 0.25) is 0 Å². The normalized spacial score (nSPS) is 9.00. The second-order valence-electron chi connectivity index (χ2n) is 3.61. The third kappa shape index (κ3) is 4.30. The van der Waals surface area contributed by atoms with Gasteiger partial charge in [0.05, 0.1) is 0 Å². The lowest BCUT2D eigenvalue weighted by Gasteiger charge is -2.04. The van der Waals surface area contributed by atoms with E-state index in [2.05, 4.69) is 22.5 Å². The van der Waals surface area contributed by atoms with Gasteiger partial charge in [0.1, 0.15) is 0 Å². The molecular weight excluding hydrogens is 228 g/mol. The van der Waals surface area contributed by atoms with E-state index in [1.165, 1.54) is 0 Å². The van der Waals surface area contributed by atoms with Gasteiger partial charge in [-0.15, -0.1) is 0 Å². The van der Waals surface area contributed by atoms with E-state index in [0.717, 1.165) is 5.56 Å². The molecule has 94 valence electrons. The Bertz CT molecular complexity index is 481. The summed E-state index contributed by atoms with van der Waals surface area (Å²) < 4.78 is 0. The molecule has 4 heteroatoms. The molecule has 0 atom stereocenters. The molecular formula is C14H16N2O2. The first-order chi connectivity index (χ1) is 8.67. The minimum absolute atomic E-state index is 0.0927. The fourth-order valence-electron chi connectivity index (χ4n) is 1.38. The second-order valence-corrected chi connectivity index (χ2v) is 3.61. The molecule has 4 nitrogen and oxygen atoms in total. The number of amides is 2. The summed E-state index contributed by atoms with van der Waals surface area (Å²) in [7, 11) is 0. The molecule has 2 N–H and O–H groups in total. The van der Waals surface area contributed by atoms with Crippen molar-refractivity contribution in [2.45, 2.75) is 20.4 Å². The van der Waals surface area contributed by atoms with E-state index < -0.39 is 0 Å². The average molecular weight is 244 g/mol. The first kappa shape index (κ1) is 13.8. The molecule has 0 bridgehead atoms. The van der Waals surface area contributed by atoms with Crippen LogP contribution in [0.25, 0.3) is 0 Å². The van der Waals surface area contributed by atoms with Crippen molar-refractivity contribution in [3.05, 3.63) is 35.4 Å². The number of benzene rings is 1. The van der Waals surface area contributed by atoms with E-state index in [1.54, 1.807) is 19.1 Å². The molecule has 0 saturated carbocycles. The summed E-state index contributed by atoms with van der Waals surface area (Å²) in [6, 6.07) is 7.09. The van der Waals surface area contributed by atoms with Crippen molar-refractivity contribution in [2.75, 3.05) is 6.54 Å². The van der Waals surface area contributed by atoms with Crippen LogP contribution >= 0.6 is 0 Å². The monoisotopic (exact) mass is 244 g/mol. The molecule has 1 rings (SSSR count). The smallest absolute Gasteiger partial charge is 0.296 e. The van der Waals surface area contributed by atoms with Gasteiger partial charge in [-0.3, -0.25) is 9.59 Å². The fourth-order valence-corrected chi connectivity index (χ4v) is 1.38. The molecule has 2 amide bonds. The Morgan fingerprint density at radius 3 is 2.39 bits per heavy atom. The quantitative estimate of drug-likeness (QED) is 0.778. The Kier molecular flexibility index (Phi) is 5.46. The van der Waals surface area contributed by atoms with Crippen molar-refractivity contribution in [3.8, 4) is 11.8 Å². The van der Waals surface area contributed by atoms with Gasteiger partial charge in [-0.2, -0.15) is 0 Å². The first-order valence-electron chi connectivity index (χ1n) is 5.75. The van der Waals surface area contributed by atoms with Crippen LogP contribution in [0.4, 0.5) is 0 Å². The highest BCUT2D eigenvalue weighted by atomic mass is 16.2. The highest BCUT2D eigenvalue weighted by Gasteiger charge is 2.03. The van der Waals surface area contributed by atoms with Crippen LogP contribution in [-0.4, -0.2) is 18.4 Å². The molecule has 0 aliphatic rings. The number of hydrogen-bond acceptors (Lipinski definition) is 2. The van der Waals surface area contributed by atoms with Gasteiger partial charge in [0.15, 0.2) is 0 Å². The maximum atomic E-state index is 11.5. The number of nitrogens with one attached hydrogen (secondary N) is 2. The highest BCUT2D eigenvalue weighted by molar-refractivity contribution is 5.94. The van der Waals surface area contributed by atoms with Crippen LogP contribution in [0, 0.1) is 11.8 Å². The summed E-state index contributed by atoms with van der Waals surface area (Å²) in [5, 5.41) is 5.38. The van der Waals surface area contributed by atoms with Crippen molar-refractivity contribution in [1.82, 2.24) is 10.6 Å². The maximum absolute atomic E-state index is 11.5. The topological polar surface area (TPSA) is 58.2 Å². The minimum atomic E-state index is -0.301. The van der Waals surface area contributed by atoms with E-state index in [0.29, 0.717) is 18.7 Å². The molecule has 0 spiro atoms. The van der Waals surface area contributed by atoms with Crippen molar-refractivity contribution in [3.63, 3.8) is 0 Å². The van der Waals surface area contributed by atoms with E-state index >= 15 is 0 Å². The zero-order chi connectivity index (χ0) is 13.4. The van der Waals surface area contributed by atoms with Crippen LogP contribution in [0.5, 0.6) is 0 Å². The molecule has 0 unspecified atom stereocenters. The van der Waals surface area contributed by atoms with E-state index in [1.807, 2.05) is 19.1 Å².